The van der Waals surface area contributed by atoms with Crippen LogP contribution in [0.3, 0.4) is 0 Å². The van der Waals surface area contributed by atoms with E-state index in [0.29, 0.717) is 0 Å². The lowest BCUT2D eigenvalue weighted by Gasteiger charge is -2.16. The minimum Gasteiger partial charge on any atom is -0.495 e. The van der Waals surface area contributed by atoms with Crippen molar-refractivity contribution < 1.29 is 4.74 Å². The maximum Gasteiger partial charge on any atom is 0.141 e. The molecule has 1 aliphatic rings. The SMILES string of the molecule is COc1ccc(CCNC2CCCCCC2)cc1N. The molecule has 0 spiro atoms. The normalized spacial score (nSPS) is 17.1. The summed E-state index contributed by atoms with van der Waals surface area (Å²) in [4.78, 5) is 0. The zero-order valence-corrected chi connectivity index (χ0v) is 12.0. The Morgan fingerprint density at radius 2 is 1.95 bits per heavy atom. The number of ether oxygens (including phenoxy) is 1. The van der Waals surface area contributed by atoms with E-state index < -0.39 is 0 Å². The zero-order chi connectivity index (χ0) is 13.5. The molecule has 0 aliphatic heterocycles. The summed E-state index contributed by atoms with van der Waals surface area (Å²) in [5, 5.41) is 3.69. The minimum absolute atomic E-state index is 0.720. The quantitative estimate of drug-likeness (QED) is 0.633. The van der Waals surface area contributed by atoms with Gasteiger partial charge in [0.15, 0.2) is 0 Å². The summed E-state index contributed by atoms with van der Waals surface area (Å²) in [6.45, 7) is 1.04. The molecule has 1 saturated carbocycles. The number of benzene rings is 1. The molecule has 0 saturated heterocycles. The third-order valence-electron chi connectivity index (χ3n) is 4.00. The molecule has 1 fully saturated rings. The molecule has 2 rings (SSSR count). The first-order valence-corrected chi connectivity index (χ1v) is 7.45. The second-order valence-electron chi connectivity index (χ2n) is 5.47. The van der Waals surface area contributed by atoms with Crippen molar-refractivity contribution in [2.45, 2.75) is 51.0 Å². The molecule has 0 aromatic heterocycles. The van der Waals surface area contributed by atoms with Crippen LogP contribution in [0.2, 0.25) is 0 Å². The lowest BCUT2D eigenvalue weighted by molar-refractivity contribution is 0.416. The van der Waals surface area contributed by atoms with Gasteiger partial charge < -0.3 is 15.8 Å². The second kappa shape index (κ2) is 7.39. The highest BCUT2D eigenvalue weighted by molar-refractivity contribution is 5.54. The Bertz CT molecular complexity index is 384. The van der Waals surface area contributed by atoms with Crippen LogP contribution < -0.4 is 15.8 Å². The van der Waals surface area contributed by atoms with E-state index in [1.807, 2.05) is 12.1 Å². The van der Waals surface area contributed by atoms with Gasteiger partial charge in [-0.3, -0.25) is 0 Å². The standard InChI is InChI=1S/C16H26N2O/c1-19-16-9-8-13(12-15(16)17)10-11-18-14-6-4-2-3-5-7-14/h8-9,12,14,18H,2-7,10-11,17H2,1H3. The number of hydrogen-bond donors (Lipinski definition) is 2. The van der Waals surface area contributed by atoms with Crippen LogP contribution >= 0.6 is 0 Å². The van der Waals surface area contributed by atoms with Gasteiger partial charge in [-0.1, -0.05) is 31.7 Å². The number of nitrogens with one attached hydrogen (secondary N) is 1. The lowest BCUT2D eigenvalue weighted by atomic mass is 10.1. The van der Waals surface area contributed by atoms with Crippen molar-refractivity contribution in [1.82, 2.24) is 5.32 Å². The summed E-state index contributed by atoms with van der Waals surface area (Å²) >= 11 is 0. The van der Waals surface area contributed by atoms with Crippen molar-refractivity contribution in [3.63, 3.8) is 0 Å². The Labute approximate surface area is 116 Å². The highest BCUT2D eigenvalue weighted by Gasteiger charge is 2.11. The summed E-state index contributed by atoms with van der Waals surface area (Å²) < 4.78 is 5.17. The van der Waals surface area contributed by atoms with Crippen molar-refractivity contribution in [1.29, 1.82) is 0 Å². The zero-order valence-electron chi connectivity index (χ0n) is 12.0. The monoisotopic (exact) mass is 262 g/mol. The van der Waals surface area contributed by atoms with Gasteiger partial charge in [-0.05, 0) is 43.5 Å². The first kappa shape index (κ1) is 14.2. The highest BCUT2D eigenvalue weighted by atomic mass is 16.5. The molecule has 1 aliphatic carbocycles. The summed E-state index contributed by atoms with van der Waals surface area (Å²) in [5.41, 5.74) is 7.93. The Morgan fingerprint density at radius 3 is 2.58 bits per heavy atom. The van der Waals surface area contributed by atoms with Crippen molar-refractivity contribution >= 4 is 5.69 Å². The van der Waals surface area contributed by atoms with Crippen LogP contribution in [0.15, 0.2) is 18.2 Å². The number of anilines is 1. The van der Waals surface area contributed by atoms with Gasteiger partial charge in [-0.25, -0.2) is 0 Å². The van der Waals surface area contributed by atoms with E-state index in [1.165, 1.54) is 44.1 Å². The van der Waals surface area contributed by atoms with E-state index in [2.05, 4.69) is 11.4 Å². The van der Waals surface area contributed by atoms with E-state index in [0.717, 1.165) is 30.4 Å². The molecule has 3 N–H and O–H groups in total. The van der Waals surface area contributed by atoms with E-state index in [4.69, 9.17) is 10.5 Å². The molecule has 0 amide bonds. The number of nitrogen functional groups attached to an aromatic ring is 1. The van der Waals surface area contributed by atoms with Gasteiger partial charge in [0.1, 0.15) is 5.75 Å². The van der Waals surface area contributed by atoms with Crippen molar-refractivity contribution in [2.75, 3.05) is 19.4 Å². The van der Waals surface area contributed by atoms with Crippen molar-refractivity contribution in [3.8, 4) is 5.75 Å². The van der Waals surface area contributed by atoms with Gasteiger partial charge in [-0.2, -0.15) is 0 Å². The molecule has 3 nitrogen and oxygen atoms in total. The summed E-state index contributed by atoms with van der Waals surface area (Å²) in [6.07, 6.45) is 9.29. The molecule has 0 heterocycles. The predicted octanol–water partition coefficient (Wildman–Crippen LogP) is 3.13. The van der Waals surface area contributed by atoms with Gasteiger partial charge in [0.05, 0.1) is 12.8 Å². The van der Waals surface area contributed by atoms with Crippen LogP contribution in [-0.2, 0) is 6.42 Å². The molecule has 1 aromatic carbocycles. The molecule has 1 aromatic rings. The van der Waals surface area contributed by atoms with Crippen molar-refractivity contribution in [3.05, 3.63) is 23.8 Å². The van der Waals surface area contributed by atoms with E-state index >= 15 is 0 Å². The molecular formula is C16H26N2O. The maximum absolute atomic E-state index is 5.92. The Kier molecular flexibility index (Phi) is 5.52. The summed E-state index contributed by atoms with van der Waals surface area (Å²) in [6, 6.07) is 6.80. The highest BCUT2D eigenvalue weighted by Crippen LogP contribution is 2.22. The van der Waals surface area contributed by atoms with Gasteiger partial charge in [0.2, 0.25) is 0 Å². The van der Waals surface area contributed by atoms with Crippen LogP contribution in [-0.4, -0.2) is 19.7 Å². The molecule has 0 bridgehead atoms. The lowest BCUT2D eigenvalue weighted by Crippen LogP contribution is -2.30. The molecule has 0 atom stereocenters. The maximum atomic E-state index is 5.92. The minimum atomic E-state index is 0.720. The largest absolute Gasteiger partial charge is 0.495 e. The first-order chi connectivity index (χ1) is 9.29. The third-order valence-corrected chi connectivity index (χ3v) is 4.00. The fourth-order valence-electron chi connectivity index (χ4n) is 2.84. The second-order valence-corrected chi connectivity index (χ2v) is 5.47. The van der Waals surface area contributed by atoms with E-state index in [1.54, 1.807) is 7.11 Å². The Balaban J connectivity index is 1.77. The predicted molar refractivity (Wildman–Crippen MR) is 80.6 cm³/mol. The third kappa shape index (κ3) is 4.43. The van der Waals surface area contributed by atoms with E-state index in [9.17, 15) is 0 Å². The van der Waals surface area contributed by atoms with Crippen LogP contribution in [0.25, 0.3) is 0 Å². The fraction of sp³-hybridized carbons (Fsp3) is 0.625. The van der Waals surface area contributed by atoms with Gasteiger partial charge >= 0.3 is 0 Å². The average Bonchev–Trinajstić information content (AvgIpc) is 2.68. The number of rotatable bonds is 5. The van der Waals surface area contributed by atoms with Crippen LogP contribution in [0.1, 0.15) is 44.1 Å². The molecule has 0 unspecified atom stereocenters. The van der Waals surface area contributed by atoms with Gasteiger partial charge in [0, 0.05) is 6.04 Å². The smallest absolute Gasteiger partial charge is 0.141 e. The van der Waals surface area contributed by atoms with Gasteiger partial charge in [0.25, 0.3) is 0 Å². The van der Waals surface area contributed by atoms with Crippen molar-refractivity contribution in [2.24, 2.45) is 0 Å². The van der Waals surface area contributed by atoms with Crippen LogP contribution in [0.4, 0.5) is 5.69 Å². The summed E-state index contributed by atoms with van der Waals surface area (Å²) in [7, 11) is 1.65. The molecule has 0 radical (unpaired) electrons. The average molecular weight is 262 g/mol. The first-order valence-electron chi connectivity index (χ1n) is 7.45. The van der Waals surface area contributed by atoms with Crippen LogP contribution in [0, 0.1) is 0 Å². The van der Waals surface area contributed by atoms with Crippen LogP contribution in [0.5, 0.6) is 5.75 Å². The number of methoxy groups -OCH3 is 1. The fourth-order valence-corrected chi connectivity index (χ4v) is 2.84. The molecule has 19 heavy (non-hydrogen) atoms. The topological polar surface area (TPSA) is 47.3 Å². The molecule has 3 heteroatoms. The number of nitrogens with two attached hydrogens (primary N) is 1. The van der Waals surface area contributed by atoms with E-state index in [-0.39, 0.29) is 0 Å². The Hall–Kier alpha value is -1.22. The number of hydrogen-bond acceptors (Lipinski definition) is 3. The molecule has 106 valence electrons. The summed E-state index contributed by atoms with van der Waals surface area (Å²) in [5.74, 6) is 0.764. The molecular weight excluding hydrogens is 236 g/mol. The Morgan fingerprint density at radius 1 is 1.21 bits per heavy atom. The van der Waals surface area contributed by atoms with Gasteiger partial charge in [-0.15, -0.1) is 0 Å².